The number of benzene rings is 5. The summed E-state index contributed by atoms with van der Waals surface area (Å²) in [5, 5.41) is 0. The highest BCUT2D eigenvalue weighted by Crippen LogP contribution is 2.39. The van der Waals surface area contributed by atoms with E-state index in [0.29, 0.717) is 33.0 Å². The third-order valence-corrected chi connectivity index (χ3v) is 10.3. The van der Waals surface area contributed by atoms with Crippen molar-refractivity contribution in [3.05, 3.63) is 167 Å². The highest BCUT2D eigenvalue weighted by atomic mass is 32.2. The van der Waals surface area contributed by atoms with Crippen LogP contribution >= 0.6 is 11.8 Å². The maximum Gasteiger partial charge on any atom is 0.137 e. The molecule has 5 aromatic rings. The fourth-order valence-corrected chi connectivity index (χ4v) is 7.28. The third kappa shape index (κ3) is 10.8. The van der Waals surface area contributed by atoms with Gasteiger partial charge in [-0.1, -0.05) is 148 Å². The van der Waals surface area contributed by atoms with Gasteiger partial charge in [0, 0.05) is 4.90 Å². The van der Waals surface area contributed by atoms with Crippen LogP contribution in [0.4, 0.5) is 0 Å². The molecule has 1 saturated heterocycles. The van der Waals surface area contributed by atoms with Crippen LogP contribution in [0.15, 0.2) is 144 Å². The van der Waals surface area contributed by atoms with Crippen molar-refractivity contribution in [2.75, 3.05) is 13.7 Å². The average Bonchev–Trinajstić information content (AvgIpc) is 3.17. The summed E-state index contributed by atoms with van der Waals surface area (Å²) < 4.78 is 39.5. The van der Waals surface area contributed by atoms with Crippen molar-refractivity contribution in [1.82, 2.24) is 0 Å². The monoisotopic (exact) mass is 718 g/mol. The summed E-state index contributed by atoms with van der Waals surface area (Å²) in [6, 6.07) is 47.3. The van der Waals surface area contributed by atoms with Crippen LogP contribution in [-0.2, 0) is 55.5 Å². The van der Waals surface area contributed by atoms with E-state index in [0.717, 1.165) is 32.9 Å². The molecule has 0 amide bonds. The van der Waals surface area contributed by atoms with Gasteiger partial charge in [0.25, 0.3) is 0 Å². The number of hydrogen-bond donors (Lipinski definition) is 0. The summed E-state index contributed by atoms with van der Waals surface area (Å²) in [4.78, 5) is 1.03. The van der Waals surface area contributed by atoms with Crippen molar-refractivity contribution in [2.24, 2.45) is 0 Å². The lowest BCUT2D eigenvalue weighted by Gasteiger charge is -2.46. The first-order valence-electron chi connectivity index (χ1n) is 18.0. The van der Waals surface area contributed by atoms with Gasteiger partial charge >= 0.3 is 0 Å². The molecule has 1 aliphatic heterocycles. The molecule has 0 bridgehead atoms. The number of thioether (sulfide) groups is 1. The van der Waals surface area contributed by atoms with Crippen LogP contribution in [-0.4, -0.2) is 43.6 Å². The van der Waals surface area contributed by atoms with E-state index in [1.807, 2.05) is 78.9 Å². The predicted molar refractivity (Wildman–Crippen MR) is 207 cm³/mol. The van der Waals surface area contributed by atoms with Gasteiger partial charge in [0.2, 0.25) is 0 Å². The number of ether oxygens (including phenoxy) is 6. The normalized spacial score (nSPS) is 20.4. The van der Waals surface area contributed by atoms with Crippen molar-refractivity contribution >= 4 is 11.8 Å². The van der Waals surface area contributed by atoms with Crippen LogP contribution in [0.2, 0.25) is 0 Å². The van der Waals surface area contributed by atoms with Gasteiger partial charge in [0.1, 0.15) is 35.6 Å². The van der Waals surface area contributed by atoms with Gasteiger partial charge in [-0.3, -0.25) is 0 Å². The molecule has 1 heterocycles. The molecule has 6 nitrogen and oxygen atoms in total. The van der Waals surface area contributed by atoms with E-state index in [1.54, 1.807) is 18.9 Å². The molecular weight excluding hydrogens is 669 g/mol. The average molecular weight is 719 g/mol. The van der Waals surface area contributed by atoms with E-state index in [4.69, 9.17) is 28.4 Å². The molecule has 1 aliphatic rings. The zero-order chi connectivity index (χ0) is 36.2. The lowest BCUT2D eigenvalue weighted by atomic mass is 9.87. The van der Waals surface area contributed by atoms with E-state index < -0.39 is 29.9 Å². The largest absolute Gasteiger partial charge is 0.497 e. The quantitative estimate of drug-likeness (QED) is 0.101. The molecule has 0 aromatic heterocycles. The zero-order valence-electron chi connectivity index (χ0n) is 30.6. The van der Waals surface area contributed by atoms with Crippen LogP contribution in [0.5, 0.6) is 5.75 Å². The van der Waals surface area contributed by atoms with Crippen molar-refractivity contribution in [3.8, 4) is 5.75 Å². The molecule has 0 spiro atoms. The molecule has 5 aromatic carbocycles. The number of rotatable bonds is 16. The second-order valence-corrected chi connectivity index (χ2v) is 15.3. The first-order chi connectivity index (χ1) is 25.4. The van der Waals surface area contributed by atoms with Crippen molar-refractivity contribution in [3.63, 3.8) is 0 Å². The third-order valence-electron chi connectivity index (χ3n) is 9.13. The highest BCUT2D eigenvalue weighted by Gasteiger charge is 2.49. The Kier molecular flexibility index (Phi) is 13.6. The van der Waals surface area contributed by atoms with Crippen LogP contribution in [0, 0.1) is 0 Å². The fraction of sp³-hybridized carbons (Fsp3) is 0.333. The summed E-state index contributed by atoms with van der Waals surface area (Å²) in [5.41, 5.74) is 5.24. The fourth-order valence-electron chi connectivity index (χ4n) is 6.16. The molecule has 0 radical (unpaired) electrons. The minimum Gasteiger partial charge on any atom is -0.497 e. The van der Waals surface area contributed by atoms with Gasteiger partial charge in [-0.25, -0.2) is 0 Å². The molecule has 52 heavy (non-hydrogen) atoms. The Bertz CT molecular complexity index is 1740. The molecule has 6 rings (SSSR count). The van der Waals surface area contributed by atoms with Gasteiger partial charge in [0.15, 0.2) is 0 Å². The smallest absolute Gasteiger partial charge is 0.137 e. The molecule has 0 saturated carbocycles. The van der Waals surface area contributed by atoms with Crippen LogP contribution in [0.25, 0.3) is 0 Å². The first-order valence-corrected chi connectivity index (χ1v) is 18.8. The van der Waals surface area contributed by atoms with Crippen molar-refractivity contribution < 1.29 is 28.4 Å². The molecule has 3 unspecified atom stereocenters. The molecule has 0 N–H and O–H groups in total. The summed E-state index contributed by atoms with van der Waals surface area (Å²) in [7, 11) is 1.68. The van der Waals surface area contributed by atoms with Gasteiger partial charge in [0.05, 0.1) is 40.1 Å². The highest BCUT2D eigenvalue weighted by molar-refractivity contribution is 7.99. The Morgan fingerprint density at radius 1 is 0.538 bits per heavy atom. The summed E-state index contributed by atoms with van der Waals surface area (Å²) in [6.07, 6.45) is -1.88. The SMILES string of the molecule is COc1ccc(S[C@H]2OC(COCc3ccccc3)[C@@H](OCc3ccccc3)C(OCc3ccccc3)C2OCc2ccc(C(C)(C)C)cc2)cc1. The van der Waals surface area contributed by atoms with Gasteiger partial charge < -0.3 is 28.4 Å². The Labute approximate surface area is 313 Å². The molecule has 5 atom stereocenters. The van der Waals surface area contributed by atoms with E-state index >= 15 is 0 Å². The minimum absolute atomic E-state index is 0.0635. The number of methoxy groups -OCH3 is 1. The first kappa shape index (κ1) is 37.8. The van der Waals surface area contributed by atoms with Crippen LogP contribution in [0.3, 0.4) is 0 Å². The summed E-state index contributed by atoms with van der Waals surface area (Å²) >= 11 is 1.61. The standard InChI is InChI=1S/C45H50O6S/c1-45(2,3)37-22-20-36(21-23-37)31-50-43-42(49-30-35-18-12-7-13-19-35)41(48-29-34-16-10-6-11-17-34)40(32-47-28-33-14-8-5-9-15-33)51-44(43)52-39-26-24-38(46-4)25-27-39/h5-27,40-44H,28-32H2,1-4H3/t40?,41-,42?,43?,44-/m1/s1. The van der Waals surface area contributed by atoms with E-state index in [9.17, 15) is 0 Å². The summed E-state index contributed by atoms with van der Waals surface area (Å²) in [5.74, 6) is 0.797. The Morgan fingerprint density at radius 3 is 1.54 bits per heavy atom. The molecular formula is C45H50O6S. The van der Waals surface area contributed by atoms with Gasteiger partial charge in [-0.15, -0.1) is 0 Å². The van der Waals surface area contributed by atoms with Gasteiger partial charge in [-0.05, 0) is 57.5 Å². The maximum absolute atomic E-state index is 7.01. The summed E-state index contributed by atoms with van der Waals surface area (Å²) in [6.45, 7) is 8.64. The molecule has 1 fully saturated rings. The van der Waals surface area contributed by atoms with Crippen LogP contribution in [0.1, 0.15) is 48.6 Å². The molecule has 7 heteroatoms. The lowest BCUT2D eigenvalue weighted by Crippen LogP contribution is -2.60. The van der Waals surface area contributed by atoms with Crippen molar-refractivity contribution in [1.29, 1.82) is 0 Å². The van der Waals surface area contributed by atoms with E-state index in [-0.39, 0.29) is 5.41 Å². The molecule has 272 valence electrons. The van der Waals surface area contributed by atoms with E-state index in [2.05, 4.69) is 81.4 Å². The Morgan fingerprint density at radius 2 is 1.02 bits per heavy atom. The predicted octanol–water partition coefficient (Wildman–Crippen LogP) is 9.78. The second kappa shape index (κ2) is 18.7. The van der Waals surface area contributed by atoms with Crippen molar-refractivity contribution in [2.45, 2.75) is 87.4 Å². The van der Waals surface area contributed by atoms with E-state index in [1.165, 1.54) is 5.56 Å². The number of hydrogen-bond acceptors (Lipinski definition) is 7. The Balaban J connectivity index is 1.32. The van der Waals surface area contributed by atoms with Gasteiger partial charge in [-0.2, -0.15) is 0 Å². The molecule has 0 aliphatic carbocycles. The second-order valence-electron chi connectivity index (χ2n) is 14.1. The maximum atomic E-state index is 7.01. The Hall–Kier alpha value is -3.95. The lowest BCUT2D eigenvalue weighted by molar-refractivity contribution is -0.254. The zero-order valence-corrected chi connectivity index (χ0v) is 31.4. The topological polar surface area (TPSA) is 55.4 Å². The van der Waals surface area contributed by atoms with Crippen LogP contribution < -0.4 is 4.74 Å². The minimum atomic E-state index is -0.485.